The molecular formula is C12H10BrF3N2O3. The van der Waals surface area contributed by atoms with Crippen LogP contribution in [0, 0.1) is 0 Å². The van der Waals surface area contributed by atoms with E-state index in [1.807, 2.05) is 0 Å². The maximum absolute atomic E-state index is 13.1. The second kappa shape index (κ2) is 4.10. The first-order valence-corrected chi connectivity index (χ1v) is 6.76. The number of primary amides is 1. The van der Waals surface area contributed by atoms with Crippen molar-refractivity contribution in [2.24, 2.45) is 5.73 Å². The number of hydrogen-bond acceptors (Lipinski definition) is 4. The average Bonchev–Trinajstić information content (AvgIpc) is 3.11. The van der Waals surface area contributed by atoms with Crippen LogP contribution in [0.5, 0.6) is 5.75 Å². The van der Waals surface area contributed by atoms with E-state index in [2.05, 4.69) is 25.7 Å². The number of aromatic nitrogens is 1. The van der Waals surface area contributed by atoms with Gasteiger partial charge in [-0.05, 0) is 28.9 Å². The van der Waals surface area contributed by atoms with Crippen LogP contribution in [0.1, 0.15) is 18.2 Å². The first-order chi connectivity index (χ1) is 9.62. The fraction of sp³-hybridized carbons (Fsp3) is 0.500. The number of hydrogen-bond donors (Lipinski definition) is 1. The fourth-order valence-electron chi connectivity index (χ4n) is 2.28. The van der Waals surface area contributed by atoms with Crippen LogP contribution in [0.4, 0.5) is 13.2 Å². The van der Waals surface area contributed by atoms with Gasteiger partial charge in [0.05, 0.1) is 12.3 Å². The summed E-state index contributed by atoms with van der Waals surface area (Å²) in [4.78, 5) is 15.5. The molecular weight excluding hydrogens is 357 g/mol. The van der Waals surface area contributed by atoms with Gasteiger partial charge < -0.3 is 15.2 Å². The predicted molar refractivity (Wildman–Crippen MR) is 67.7 cm³/mol. The molecule has 21 heavy (non-hydrogen) atoms. The van der Waals surface area contributed by atoms with E-state index in [0.29, 0.717) is 0 Å². The van der Waals surface area contributed by atoms with Gasteiger partial charge in [-0.15, -0.1) is 0 Å². The second-order valence-corrected chi connectivity index (χ2v) is 6.02. The molecule has 5 nitrogen and oxygen atoms in total. The van der Waals surface area contributed by atoms with E-state index < -0.39 is 29.7 Å². The highest BCUT2D eigenvalue weighted by atomic mass is 79.9. The monoisotopic (exact) mass is 366 g/mol. The molecule has 2 N–H and O–H groups in total. The van der Waals surface area contributed by atoms with E-state index in [0.717, 1.165) is 0 Å². The molecule has 3 rings (SSSR count). The van der Waals surface area contributed by atoms with Crippen molar-refractivity contribution in [1.82, 2.24) is 4.98 Å². The Morgan fingerprint density at radius 1 is 1.48 bits per heavy atom. The minimum absolute atomic E-state index is 0.0404. The van der Waals surface area contributed by atoms with Gasteiger partial charge in [-0.1, -0.05) is 0 Å². The van der Waals surface area contributed by atoms with E-state index in [1.54, 1.807) is 0 Å². The van der Waals surface area contributed by atoms with E-state index in [1.165, 1.54) is 13.0 Å². The molecule has 0 aliphatic carbocycles. The first kappa shape index (κ1) is 14.6. The molecule has 1 aromatic rings. The quantitative estimate of drug-likeness (QED) is 0.639. The highest BCUT2D eigenvalue weighted by molar-refractivity contribution is 9.10. The summed E-state index contributed by atoms with van der Waals surface area (Å²) in [5.74, 6) is -0.443. The van der Waals surface area contributed by atoms with Gasteiger partial charge in [0.15, 0.2) is 5.75 Å². The molecule has 3 heterocycles. The minimum Gasteiger partial charge on any atom is -0.489 e. The van der Waals surface area contributed by atoms with Crippen LogP contribution in [0.15, 0.2) is 10.7 Å². The third-order valence-corrected chi connectivity index (χ3v) is 4.42. The molecule has 0 radical (unpaired) electrons. The number of ether oxygens (including phenoxy) is 2. The zero-order chi connectivity index (χ0) is 15.6. The van der Waals surface area contributed by atoms with Gasteiger partial charge in [0, 0.05) is 5.56 Å². The molecule has 2 aliphatic heterocycles. The summed E-state index contributed by atoms with van der Waals surface area (Å²) in [5, 5.41) is 0. The Morgan fingerprint density at radius 2 is 2.10 bits per heavy atom. The third kappa shape index (κ3) is 1.87. The highest BCUT2D eigenvalue weighted by Crippen LogP contribution is 2.53. The number of nitrogens with two attached hydrogens (primary N) is 1. The number of carbonyl (C=O) groups excluding carboxylic acids is 1. The molecule has 9 heteroatoms. The normalized spacial score (nSPS) is 30.7. The van der Waals surface area contributed by atoms with Crippen molar-refractivity contribution in [2.45, 2.75) is 24.1 Å². The van der Waals surface area contributed by atoms with Crippen molar-refractivity contribution >= 4 is 21.8 Å². The summed E-state index contributed by atoms with van der Waals surface area (Å²) in [6.07, 6.45) is -4.59. The molecule has 1 amide bonds. The zero-order valence-corrected chi connectivity index (χ0v) is 12.3. The van der Waals surface area contributed by atoms with E-state index in [9.17, 15) is 18.0 Å². The highest BCUT2D eigenvalue weighted by Gasteiger charge is 2.68. The summed E-state index contributed by atoms with van der Waals surface area (Å²) < 4.78 is 49.4. The minimum atomic E-state index is -4.59. The van der Waals surface area contributed by atoms with Crippen LogP contribution < -0.4 is 10.5 Å². The predicted octanol–water partition coefficient (Wildman–Crippen LogP) is 1.77. The van der Waals surface area contributed by atoms with Crippen molar-refractivity contribution in [3.8, 4) is 5.75 Å². The number of nitrogens with zero attached hydrogens (tertiary/aromatic N) is 1. The molecule has 1 fully saturated rings. The lowest BCUT2D eigenvalue weighted by Crippen LogP contribution is -2.40. The Balaban J connectivity index is 2.17. The van der Waals surface area contributed by atoms with Crippen molar-refractivity contribution in [3.05, 3.63) is 21.9 Å². The lowest BCUT2D eigenvalue weighted by atomic mass is 9.83. The van der Waals surface area contributed by atoms with E-state index in [4.69, 9.17) is 10.5 Å². The summed E-state index contributed by atoms with van der Waals surface area (Å²) in [7, 11) is 0. The Hall–Kier alpha value is -1.35. The van der Waals surface area contributed by atoms with Crippen molar-refractivity contribution < 1.29 is 27.4 Å². The Labute approximate surface area is 125 Å². The molecule has 1 unspecified atom stereocenters. The molecule has 2 aliphatic rings. The maximum Gasteiger partial charge on any atom is 0.425 e. The number of alkyl halides is 3. The summed E-state index contributed by atoms with van der Waals surface area (Å²) >= 11 is 3.07. The maximum atomic E-state index is 13.1. The van der Waals surface area contributed by atoms with Gasteiger partial charge in [0.2, 0.25) is 11.5 Å². The number of fused-ring (bicyclic) bond motifs is 1. The molecule has 0 bridgehead atoms. The lowest BCUT2D eigenvalue weighted by Gasteiger charge is -2.20. The summed E-state index contributed by atoms with van der Waals surface area (Å²) in [5.41, 5.74) is 1.72. The molecule has 2 atom stereocenters. The van der Waals surface area contributed by atoms with Crippen LogP contribution in [-0.4, -0.2) is 30.3 Å². The van der Waals surface area contributed by atoms with Crippen LogP contribution in [0.25, 0.3) is 0 Å². The van der Waals surface area contributed by atoms with Gasteiger partial charge in [-0.25, -0.2) is 4.98 Å². The molecule has 0 saturated carbocycles. The smallest absolute Gasteiger partial charge is 0.425 e. The Morgan fingerprint density at radius 3 is 2.57 bits per heavy atom. The molecule has 0 aromatic carbocycles. The van der Waals surface area contributed by atoms with Gasteiger partial charge in [0.25, 0.3) is 0 Å². The number of rotatable bonds is 2. The van der Waals surface area contributed by atoms with E-state index in [-0.39, 0.29) is 28.2 Å². The SMILES string of the molecule is C[C@]1(C(N)=O)COc2c1cc(C1(C(F)(F)F)CO1)nc2Br. The number of epoxide rings is 1. The molecule has 114 valence electrons. The number of halogens is 4. The number of pyridine rings is 1. The fourth-order valence-corrected chi connectivity index (χ4v) is 2.80. The summed E-state index contributed by atoms with van der Waals surface area (Å²) in [6.45, 7) is 0.982. The van der Waals surface area contributed by atoms with Crippen LogP contribution in [-0.2, 0) is 20.5 Å². The Kier molecular flexibility index (Phi) is 2.85. The van der Waals surface area contributed by atoms with E-state index >= 15 is 0 Å². The first-order valence-electron chi connectivity index (χ1n) is 5.97. The second-order valence-electron chi connectivity index (χ2n) is 5.27. The summed E-state index contributed by atoms with van der Waals surface area (Å²) in [6, 6.07) is 1.19. The average molecular weight is 367 g/mol. The standard InChI is InChI=1S/C12H10BrF3N2O3/c1-10(9(17)19)3-20-7-5(10)2-6(18-8(7)13)11(4-21-11)12(14,15)16/h2H,3-4H2,1H3,(H2,17,19)/t10-,11?/m0/s1. The Bertz CT molecular complexity index is 645. The van der Waals surface area contributed by atoms with Crippen LogP contribution in [0.3, 0.4) is 0 Å². The lowest BCUT2D eigenvalue weighted by molar-refractivity contribution is -0.188. The number of carbonyl (C=O) groups is 1. The third-order valence-electron chi connectivity index (χ3n) is 3.88. The van der Waals surface area contributed by atoms with Crippen molar-refractivity contribution in [1.29, 1.82) is 0 Å². The van der Waals surface area contributed by atoms with Gasteiger partial charge >= 0.3 is 6.18 Å². The van der Waals surface area contributed by atoms with Crippen molar-refractivity contribution in [2.75, 3.05) is 13.2 Å². The zero-order valence-electron chi connectivity index (χ0n) is 10.8. The largest absolute Gasteiger partial charge is 0.489 e. The van der Waals surface area contributed by atoms with Crippen LogP contribution in [0.2, 0.25) is 0 Å². The van der Waals surface area contributed by atoms with Crippen LogP contribution >= 0.6 is 15.9 Å². The topological polar surface area (TPSA) is 77.7 Å². The van der Waals surface area contributed by atoms with Crippen molar-refractivity contribution in [3.63, 3.8) is 0 Å². The van der Waals surface area contributed by atoms with Gasteiger partial charge in [0.1, 0.15) is 16.6 Å². The number of amides is 1. The van der Waals surface area contributed by atoms with Gasteiger partial charge in [-0.3, -0.25) is 4.79 Å². The van der Waals surface area contributed by atoms with Gasteiger partial charge in [-0.2, -0.15) is 13.2 Å². The molecule has 0 spiro atoms. The molecule has 1 saturated heterocycles. The molecule has 1 aromatic heterocycles.